The predicted molar refractivity (Wildman–Crippen MR) is 113 cm³/mol. The van der Waals surface area contributed by atoms with Crippen LogP contribution in [0.3, 0.4) is 0 Å². The van der Waals surface area contributed by atoms with Crippen LogP contribution < -0.4 is 0 Å². The number of benzene rings is 1. The van der Waals surface area contributed by atoms with Gasteiger partial charge in [0.1, 0.15) is 6.04 Å². The molecule has 176 valence electrons. The van der Waals surface area contributed by atoms with Gasteiger partial charge in [-0.05, 0) is 38.7 Å². The number of hydrogen-bond donors (Lipinski definition) is 0. The number of esters is 3. The normalized spacial score (nSPS) is 20.0. The van der Waals surface area contributed by atoms with Crippen LogP contribution in [-0.2, 0) is 39.8 Å². The molecule has 9 heteroatoms. The van der Waals surface area contributed by atoms with E-state index in [0.29, 0.717) is 6.42 Å². The Morgan fingerprint density at radius 2 is 1.50 bits per heavy atom. The Labute approximate surface area is 187 Å². The van der Waals surface area contributed by atoms with Crippen molar-refractivity contribution in [1.82, 2.24) is 4.90 Å². The molecule has 0 bridgehead atoms. The molecule has 32 heavy (non-hydrogen) atoms. The van der Waals surface area contributed by atoms with Crippen molar-refractivity contribution < 1.29 is 38.1 Å². The molecular weight excluding hydrogens is 418 g/mol. The van der Waals surface area contributed by atoms with Gasteiger partial charge >= 0.3 is 24.0 Å². The smallest absolute Gasteiger partial charge is 0.410 e. The summed E-state index contributed by atoms with van der Waals surface area (Å²) < 4.78 is 20.4. The van der Waals surface area contributed by atoms with Crippen LogP contribution in [0.15, 0.2) is 30.3 Å². The molecule has 1 fully saturated rings. The Hall–Kier alpha value is -3.10. The quantitative estimate of drug-likeness (QED) is 0.321. The number of carbonyl (C=O) groups excluding carboxylic acids is 4. The number of methoxy groups -OCH3 is 1. The van der Waals surface area contributed by atoms with Crippen LogP contribution in [0, 0.1) is 17.8 Å². The first kappa shape index (κ1) is 25.2. The minimum absolute atomic E-state index is 0.0512. The second-order valence-electron chi connectivity index (χ2n) is 7.33. The number of ether oxygens (including phenoxy) is 4. The molecule has 3 atom stereocenters. The van der Waals surface area contributed by atoms with E-state index in [-0.39, 0.29) is 26.4 Å². The van der Waals surface area contributed by atoms with Gasteiger partial charge in [-0.15, -0.1) is 0 Å². The summed E-state index contributed by atoms with van der Waals surface area (Å²) in [6.07, 6.45) is -0.320. The molecule has 0 spiro atoms. The second-order valence-corrected chi connectivity index (χ2v) is 7.33. The van der Waals surface area contributed by atoms with E-state index in [1.54, 1.807) is 20.8 Å². The largest absolute Gasteiger partial charge is 0.465 e. The molecule has 0 aromatic heterocycles. The molecule has 9 nitrogen and oxygen atoms in total. The topological polar surface area (TPSA) is 108 Å². The Bertz CT molecular complexity index is 778. The van der Waals surface area contributed by atoms with Crippen molar-refractivity contribution in [2.75, 3.05) is 33.5 Å². The van der Waals surface area contributed by atoms with Crippen LogP contribution >= 0.6 is 0 Å². The standard InChI is InChI=1S/C23H31NO8/c1-5-30-20(25)18(21(26)31-6-2)17-16(13-15-11-9-8-10-12-15)14-24(23(28)29-4)19(17)22(27)32-7-3/h8-12,16-19H,5-7,13-14H2,1-4H3/t16-,17-,19+/m1/s1. The molecule has 0 N–H and O–H groups in total. The summed E-state index contributed by atoms with van der Waals surface area (Å²) in [6.45, 7) is 5.17. The summed E-state index contributed by atoms with van der Waals surface area (Å²) in [7, 11) is 1.21. The molecule has 2 rings (SSSR count). The van der Waals surface area contributed by atoms with Crippen molar-refractivity contribution in [1.29, 1.82) is 0 Å². The van der Waals surface area contributed by atoms with Crippen molar-refractivity contribution >= 4 is 24.0 Å². The number of hydrogen-bond acceptors (Lipinski definition) is 8. The lowest BCUT2D eigenvalue weighted by atomic mass is 9.77. The van der Waals surface area contributed by atoms with Crippen LogP contribution in [-0.4, -0.2) is 68.4 Å². The van der Waals surface area contributed by atoms with Gasteiger partial charge < -0.3 is 18.9 Å². The van der Waals surface area contributed by atoms with E-state index in [0.717, 1.165) is 5.56 Å². The molecule has 0 radical (unpaired) electrons. The van der Waals surface area contributed by atoms with Crippen molar-refractivity contribution in [2.24, 2.45) is 17.8 Å². The summed E-state index contributed by atoms with van der Waals surface area (Å²) >= 11 is 0. The van der Waals surface area contributed by atoms with E-state index >= 15 is 0 Å². The maximum atomic E-state index is 13.0. The lowest BCUT2D eigenvalue weighted by Gasteiger charge is -2.30. The van der Waals surface area contributed by atoms with E-state index in [9.17, 15) is 19.2 Å². The molecular formula is C23H31NO8. The molecule has 1 aliphatic heterocycles. The summed E-state index contributed by atoms with van der Waals surface area (Å²) in [5.74, 6) is -5.04. The zero-order valence-electron chi connectivity index (χ0n) is 18.9. The van der Waals surface area contributed by atoms with Crippen LogP contribution in [0.1, 0.15) is 26.3 Å². The molecule has 1 heterocycles. The zero-order chi connectivity index (χ0) is 23.7. The van der Waals surface area contributed by atoms with Gasteiger partial charge in [-0.1, -0.05) is 30.3 Å². The number of nitrogens with zero attached hydrogens (tertiary/aromatic N) is 1. The van der Waals surface area contributed by atoms with E-state index in [4.69, 9.17) is 18.9 Å². The highest BCUT2D eigenvalue weighted by Gasteiger charge is 2.56. The lowest BCUT2D eigenvalue weighted by Crippen LogP contribution is -2.49. The summed E-state index contributed by atoms with van der Waals surface area (Å²) in [6, 6.07) is 8.22. The molecule has 0 saturated carbocycles. The molecule has 0 aliphatic carbocycles. The number of amides is 1. The van der Waals surface area contributed by atoms with Crippen molar-refractivity contribution in [2.45, 2.75) is 33.2 Å². The first-order valence-corrected chi connectivity index (χ1v) is 10.8. The monoisotopic (exact) mass is 449 g/mol. The van der Waals surface area contributed by atoms with Crippen LogP contribution in [0.2, 0.25) is 0 Å². The lowest BCUT2D eigenvalue weighted by molar-refractivity contribution is -0.167. The highest BCUT2D eigenvalue weighted by molar-refractivity contribution is 5.97. The zero-order valence-corrected chi connectivity index (χ0v) is 18.9. The van der Waals surface area contributed by atoms with E-state index in [1.165, 1.54) is 12.0 Å². The third-order valence-electron chi connectivity index (χ3n) is 5.42. The van der Waals surface area contributed by atoms with Crippen molar-refractivity contribution in [3.63, 3.8) is 0 Å². The Balaban J connectivity index is 2.58. The van der Waals surface area contributed by atoms with Crippen molar-refractivity contribution in [3.05, 3.63) is 35.9 Å². The minimum Gasteiger partial charge on any atom is -0.465 e. The average Bonchev–Trinajstić information content (AvgIpc) is 3.13. The third kappa shape index (κ3) is 5.77. The van der Waals surface area contributed by atoms with Gasteiger partial charge in [0.25, 0.3) is 0 Å². The maximum Gasteiger partial charge on any atom is 0.410 e. The fraction of sp³-hybridized carbons (Fsp3) is 0.565. The van der Waals surface area contributed by atoms with Gasteiger partial charge in [-0.25, -0.2) is 9.59 Å². The van der Waals surface area contributed by atoms with Gasteiger partial charge in [0, 0.05) is 12.5 Å². The van der Waals surface area contributed by atoms with Crippen LogP contribution in [0.4, 0.5) is 4.79 Å². The van der Waals surface area contributed by atoms with Gasteiger partial charge in [0.05, 0.1) is 26.9 Å². The van der Waals surface area contributed by atoms with Gasteiger partial charge in [0.2, 0.25) is 0 Å². The number of carbonyl (C=O) groups is 4. The van der Waals surface area contributed by atoms with E-state index < -0.39 is 47.8 Å². The second kappa shape index (κ2) is 12.1. The summed E-state index contributed by atoms with van der Waals surface area (Å²) in [5, 5.41) is 0. The first-order valence-electron chi connectivity index (χ1n) is 10.8. The third-order valence-corrected chi connectivity index (χ3v) is 5.42. The Morgan fingerprint density at radius 1 is 0.938 bits per heavy atom. The number of likely N-dealkylation sites (tertiary alicyclic amines) is 1. The molecule has 1 amide bonds. The Morgan fingerprint density at radius 3 is 2.00 bits per heavy atom. The van der Waals surface area contributed by atoms with E-state index in [1.807, 2.05) is 30.3 Å². The van der Waals surface area contributed by atoms with E-state index in [2.05, 4.69) is 0 Å². The molecule has 1 aromatic carbocycles. The highest BCUT2D eigenvalue weighted by atomic mass is 16.6. The Kier molecular flexibility index (Phi) is 9.49. The van der Waals surface area contributed by atoms with Crippen molar-refractivity contribution in [3.8, 4) is 0 Å². The molecule has 0 unspecified atom stereocenters. The fourth-order valence-corrected chi connectivity index (χ4v) is 4.22. The maximum absolute atomic E-state index is 13.0. The fourth-order valence-electron chi connectivity index (χ4n) is 4.22. The highest BCUT2D eigenvalue weighted by Crippen LogP contribution is 2.40. The minimum atomic E-state index is -1.40. The van der Waals surface area contributed by atoms with Gasteiger partial charge in [-0.2, -0.15) is 0 Å². The first-order chi connectivity index (χ1) is 15.4. The van der Waals surface area contributed by atoms with Crippen LogP contribution in [0.25, 0.3) is 0 Å². The average molecular weight is 450 g/mol. The van der Waals surface area contributed by atoms with Gasteiger partial charge in [-0.3, -0.25) is 14.5 Å². The SMILES string of the molecule is CCOC(=O)C(C(=O)OCC)[C@H]1[C@H](Cc2ccccc2)CN(C(=O)OC)[C@@H]1C(=O)OCC. The summed E-state index contributed by atoms with van der Waals surface area (Å²) in [5.41, 5.74) is 0.934. The van der Waals surface area contributed by atoms with Crippen LogP contribution in [0.5, 0.6) is 0 Å². The predicted octanol–water partition coefficient (Wildman–Crippen LogP) is 2.22. The van der Waals surface area contributed by atoms with Gasteiger partial charge in [0.15, 0.2) is 5.92 Å². The molecule has 1 saturated heterocycles. The number of rotatable bonds is 9. The molecule has 1 aliphatic rings. The molecule has 1 aromatic rings. The summed E-state index contributed by atoms with van der Waals surface area (Å²) in [4.78, 5) is 52.6.